The van der Waals surface area contributed by atoms with Crippen LogP contribution < -0.4 is 5.32 Å². The number of fused-ring (bicyclic) bond motifs is 3. The monoisotopic (exact) mass is 297 g/mol. The van der Waals surface area contributed by atoms with E-state index in [4.69, 9.17) is 9.52 Å². The van der Waals surface area contributed by atoms with Gasteiger partial charge < -0.3 is 14.8 Å². The first kappa shape index (κ1) is 14.4. The summed E-state index contributed by atoms with van der Waals surface area (Å²) in [7, 11) is 0. The normalized spacial score (nSPS) is 18.0. The summed E-state index contributed by atoms with van der Waals surface area (Å²) < 4.78 is 5.08. The smallest absolute Gasteiger partial charge is 0.306 e. The van der Waals surface area contributed by atoms with Gasteiger partial charge in [-0.3, -0.25) is 4.79 Å². The van der Waals surface area contributed by atoms with Crippen LogP contribution in [-0.4, -0.2) is 17.6 Å². The minimum Gasteiger partial charge on any atom is -0.481 e. The van der Waals surface area contributed by atoms with E-state index in [0.29, 0.717) is 0 Å². The van der Waals surface area contributed by atoms with E-state index in [1.165, 1.54) is 0 Å². The number of carbonyl (C=O) groups is 1. The first-order valence-electron chi connectivity index (χ1n) is 7.48. The van der Waals surface area contributed by atoms with Gasteiger partial charge in [-0.25, -0.2) is 0 Å². The van der Waals surface area contributed by atoms with Gasteiger partial charge in [0.25, 0.3) is 0 Å². The van der Waals surface area contributed by atoms with Crippen LogP contribution in [0.15, 0.2) is 52.9 Å². The van der Waals surface area contributed by atoms with Crippen LogP contribution in [0.1, 0.15) is 24.8 Å². The zero-order valence-corrected chi connectivity index (χ0v) is 12.5. The predicted octanol–water partition coefficient (Wildman–Crippen LogP) is 4.18. The molecule has 0 amide bonds. The van der Waals surface area contributed by atoms with Crippen molar-refractivity contribution in [3.05, 3.63) is 54.1 Å². The molecule has 4 heteroatoms. The molecule has 0 fully saturated rings. The van der Waals surface area contributed by atoms with Gasteiger partial charge in [-0.05, 0) is 42.3 Å². The van der Waals surface area contributed by atoms with Crippen molar-refractivity contribution in [2.75, 3.05) is 11.9 Å². The Hall–Kier alpha value is -2.49. The Morgan fingerprint density at radius 3 is 2.36 bits per heavy atom. The van der Waals surface area contributed by atoms with Crippen molar-refractivity contribution in [2.24, 2.45) is 5.92 Å². The second-order valence-corrected chi connectivity index (χ2v) is 5.61. The summed E-state index contributed by atoms with van der Waals surface area (Å²) in [5, 5.41) is 12.3. The Morgan fingerprint density at radius 1 is 1.18 bits per heavy atom. The minimum atomic E-state index is -0.711. The maximum atomic E-state index is 11.0. The number of hydrogen-bond acceptors (Lipinski definition) is 3. The molecule has 0 spiro atoms. The quantitative estimate of drug-likeness (QED) is 0.745. The summed E-state index contributed by atoms with van der Waals surface area (Å²) in [6.07, 6.45) is 0.893. The van der Waals surface area contributed by atoms with Crippen molar-refractivity contribution in [2.45, 2.75) is 19.3 Å². The maximum Gasteiger partial charge on any atom is 0.306 e. The third-order valence-electron chi connectivity index (χ3n) is 4.18. The molecule has 0 aliphatic carbocycles. The summed E-state index contributed by atoms with van der Waals surface area (Å²) in [4.78, 5) is 11.0. The largest absolute Gasteiger partial charge is 0.481 e. The Kier molecular flexibility index (Phi) is 4.00. The van der Waals surface area contributed by atoms with Gasteiger partial charge >= 0.3 is 5.97 Å². The molecular weight excluding hydrogens is 278 g/mol. The maximum absolute atomic E-state index is 11.0. The first-order chi connectivity index (χ1) is 10.6. The molecule has 0 radical (unpaired) electrons. The van der Waals surface area contributed by atoms with Crippen molar-refractivity contribution in [3.63, 3.8) is 0 Å². The number of carboxylic acids is 1. The molecule has 2 unspecified atom stereocenters. The van der Waals surface area contributed by atoms with Crippen LogP contribution in [0.2, 0.25) is 0 Å². The molecule has 0 saturated heterocycles. The van der Waals surface area contributed by atoms with Gasteiger partial charge in [0.1, 0.15) is 11.2 Å². The number of para-hydroxylation sites is 1. The zero-order chi connectivity index (χ0) is 15.5. The van der Waals surface area contributed by atoms with Gasteiger partial charge in [-0.2, -0.15) is 0 Å². The van der Waals surface area contributed by atoms with Crippen molar-refractivity contribution in [1.82, 2.24) is 0 Å². The number of hydrogen-bond donors (Lipinski definition) is 2. The fourth-order valence-electron chi connectivity index (χ4n) is 2.90. The van der Waals surface area contributed by atoms with Crippen LogP contribution in [0, 0.1) is 5.92 Å². The molecule has 4 rings (SSSR count). The predicted molar refractivity (Wildman–Crippen MR) is 86.5 cm³/mol. The fraction of sp³-hybridized carbons (Fsp3) is 0.278. The van der Waals surface area contributed by atoms with Crippen LogP contribution in [0.5, 0.6) is 0 Å². The number of carboxylic acid groups (broad SMARTS) is 1. The van der Waals surface area contributed by atoms with E-state index in [-0.39, 0.29) is 11.8 Å². The lowest BCUT2D eigenvalue weighted by molar-refractivity contribution is -0.141. The van der Waals surface area contributed by atoms with Crippen LogP contribution in [-0.2, 0) is 4.79 Å². The standard InChI is InChI=1S/C12H15NO2.C6H4O/c1-8(12(14)15)9-6-7-13-11-5-3-2-4-10(9)11;1-2-6-4-3-5(1)7-6/h2-5,8-9,13H,6-7H2,1H3,(H,14,15);1-4H. The van der Waals surface area contributed by atoms with E-state index in [0.717, 1.165) is 35.4 Å². The lowest BCUT2D eigenvalue weighted by Gasteiger charge is -2.29. The third-order valence-corrected chi connectivity index (χ3v) is 4.18. The molecule has 2 aromatic heterocycles. The first-order valence-corrected chi connectivity index (χ1v) is 7.48. The number of rotatable bonds is 2. The molecule has 1 aromatic carbocycles. The minimum absolute atomic E-state index is 0.139. The second kappa shape index (κ2) is 6.10. The SMILES string of the molecule is CC(C(=O)O)C1CCNc2ccccc21.c1cc2ccc1o2. The van der Waals surface area contributed by atoms with Gasteiger partial charge in [-0.15, -0.1) is 0 Å². The highest BCUT2D eigenvalue weighted by atomic mass is 16.4. The van der Waals surface area contributed by atoms with E-state index in [1.54, 1.807) is 6.92 Å². The molecular formula is C18H19NO3. The molecule has 0 saturated carbocycles. The Balaban J connectivity index is 0.000000169. The average molecular weight is 297 g/mol. The molecule has 1 aliphatic heterocycles. The lowest BCUT2D eigenvalue weighted by Crippen LogP contribution is -2.25. The van der Waals surface area contributed by atoms with E-state index in [1.807, 2.05) is 48.5 Å². The fourth-order valence-corrected chi connectivity index (χ4v) is 2.90. The van der Waals surface area contributed by atoms with Gasteiger partial charge in [0.2, 0.25) is 0 Å². The highest BCUT2D eigenvalue weighted by Gasteiger charge is 2.28. The molecule has 3 heterocycles. The molecule has 3 aromatic rings. The van der Waals surface area contributed by atoms with E-state index in [2.05, 4.69) is 5.32 Å². The highest BCUT2D eigenvalue weighted by Crippen LogP contribution is 2.36. The highest BCUT2D eigenvalue weighted by molar-refractivity contribution is 5.72. The number of anilines is 1. The average Bonchev–Trinajstić information content (AvgIpc) is 3.19. The van der Waals surface area contributed by atoms with E-state index >= 15 is 0 Å². The summed E-state index contributed by atoms with van der Waals surface area (Å²) >= 11 is 0. The van der Waals surface area contributed by atoms with Crippen molar-refractivity contribution >= 4 is 22.8 Å². The lowest BCUT2D eigenvalue weighted by atomic mass is 9.82. The Bertz CT molecular complexity index is 704. The number of furan rings is 2. The second-order valence-electron chi connectivity index (χ2n) is 5.61. The number of aliphatic carboxylic acids is 1. The summed E-state index contributed by atoms with van der Waals surface area (Å²) in [6.45, 7) is 2.65. The van der Waals surface area contributed by atoms with Crippen LogP contribution in [0.25, 0.3) is 11.2 Å². The van der Waals surface area contributed by atoms with Crippen molar-refractivity contribution in [3.8, 4) is 0 Å². The molecule has 4 nitrogen and oxygen atoms in total. The number of nitrogens with one attached hydrogen (secondary N) is 1. The van der Waals surface area contributed by atoms with Gasteiger partial charge in [-0.1, -0.05) is 25.1 Å². The molecule has 1 aliphatic rings. The van der Waals surface area contributed by atoms with Crippen molar-refractivity contribution < 1.29 is 14.3 Å². The van der Waals surface area contributed by atoms with Crippen LogP contribution in [0.3, 0.4) is 0 Å². The molecule has 22 heavy (non-hydrogen) atoms. The van der Waals surface area contributed by atoms with Crippen LogP contribution in [0.4, 0.5) is 5.69 Å². The third kappa shape index (κ3) is 2.91. The number of benzene rings is 2. The van der Waals surface area contributed by atoms with Crippen molar-refractivity contribution in [1.29, 1.82) is 0 Å². The van der Waals surface area contributed by atoms with Gasteiger partial charge in [0.15, 0.2) is 0 Å². The van der Waals surface area contributed by atoms with E-state index in [9.17, 15) is 4.79 Å². The Morgan fingerprint density at radius 2 is 1.82 bits per heavy atom. The summed E-state index contributed by atoms with van der Waals surface area (Å²) in [5.41, 5.74) is 4.16. The summed E-state index contributed by atoms with van der Waals surface area (Å²) in [6, 6.07) is 15.8. The van der Waals surface area contributed by atoms with Gasteiger partial charge in [0, 0.05) is 18.2 Å². The molecule has 2 bridgehead atoms. The zero-order valence-electron chi connectivity index (χ0n) is 12.5. The van der Waals surface area contributed by atoms with E-state index < -0.39 is 5.97 Å². The summed E-state index contributed by atoms with van der Waals surface area (Å²) in [5.74, 6) is -0.884. The topological polar surface area (TPSA) is 62.5 Å². The molecule has 2 atom stereocenters. The molecule has 2 N–H and O–H groups in total. The molecule has 114 valence electrons. The van der Waals surface area contributed by atoms with Crippen LogP contribution >= 0.6 is 0 Å². The Labute approximate surface area is 129 Å². The van der Waals surface area contributed by atoms with Gasteiger partial charge in [0.05, 0.1) is 5.92 Å².